The molecule has 0 radical (unpaired) electrons. The molecule has 0 aromatic heterocycles. The number of carbonyl (C=O) groups is 1. The fourth-order valence-electron chi connectivity index (χ4n) is 3.30. The lowest BCUT2D eigenvalue weighted by atomic mass is 9.92. The van der Waals surface area contributed by atoms with Crippen LogP contribution >= 0.6 is 0 Å². The van der Waals surface area contributed by atoms with E-state index in [1.807, 2.05) is 0 Å². The number of methoxy groups -OCH3 is 2. The Morgan fingerprint density at radius 2 is 1.78 bits per heavy atom. The zero-order valence-corrected chi connectivity index (χ0v) is 17.5. The van der Waals surface area contributed by atoms with Crippen molar-refractivity contribution in [1.29, 1.82) is 0 Å². The number of ether oxygens (including phenoxy) is 2. The number of rotatable bonds is 8. The molecule has 0 unspecified atom stereocenters. The summed E-state index contributed by atoms with van der Waals surface area (Å²) in [4.78, 5) is 21.9. The van der Waals surface area contributed by atoms with E-state index in [-0.39, 0.29) is 36.9 Å². The third kappa shape index (κ3) is 5.42. The molecule has 2 aromatic carbocycles. The number of hydrogen-bond acceptors (Lipinski definition) is 7. The van der Waals surface area contributed by atoms with Crippen molar-refractivity contribution in [2.45, 2.75) is 12.0 Å². The molecule has 172 valence electrons. The SMILES string of the molecule is COc1ccc(NC(=O)N[C@@H]2C(NOCCO)=NC[C@H]2c2c(F)cc(OC)cc2F)cc1. The fourth-order valence-corrected chi connectivity index (χ4v) is 3.30. The Morgan fingerprint density at radius 3 is 2.38 bits per heavy atom. The number of hydrogen-bond donors (Lipinski definition) is 4. The van der Waals surface area contributed by atoms with E-state index in [0.717, 1.165) is 12.1 Å². The summed E-state index contributed by atoms with van der Waals surface area (Å²) >= 11 is 0. The minimum Gasteiger partial charge on any atom is -0.497 e. The highest BCUT2D eigenvalue weighted by molar-refractivity contribution is 5.97. The highest BCUT2D eigenvalue weighted by atomic mass is 19.1. The van der Waals surface area contributed by atoms with Crippen LogP contribution in [0.1, 0.15) is 11.5 Å². The minimum atomic E-state index is -0.927. The summed E-state index contributed by atoms with van der Waals surface area (Å²) in [5, 5.41) is 14.2. The van der Waals surface area contributed by atoms with Gasteiger partial charge in [-0.1, -0.05) is 0 Å². The Hall–Kier alpha value is -3.44. The standard InChI is InChI=1S/C21H24F2N4O5/c1-30-13-5-3-12(4-6-13)25-21(29)26-19-15(11-24-20(19)27-32-8-7-28)18-16(22)9-14(31-2)10-17(18)23/h3-6,9-10,15,19,28H,7-8,11H2,1-2H3,(H,24,27)(H2,25,26,29)/t15-,19-/m0/s1. The molecule has 4 N–H and O–H groups in total. The lowest BCUT2D eigenvalue weighted by Crippen LogP contribution is -2.49. The van der Waals surface area contributed by atoms with Gasteiger partial charge in [0.1, 0.15) is 29.0 Å². The van der Waals surface area contributed by atoms with Crippen molar-refractivity contribution in [3.63, 3.8) is 0 Å². The van der Waals surface area contributed by atoms with E-state index in [1.165, 1.54) is 14.2 Å². The van der Waals surface area contributed by atoms with Gasteiger partial charge in [0.2, 0.25) is 0 Å². The van der Waals surface area contributed by atoms with E-state index in [9.17, 15) is 13.6 Å². The van der Waals surface area contributed by atoms with Gasteiger partial charge >= 0.3 is 6.03 Å². The molecule has 2 amide bonds. The maximum Gasteiger partial charge on any atom is 0.319 e. The maximum absolute atomic E-state index is 14.7. The van der Waals surface area contributed by atoms with Crippen LogP contribution in [0.5, 0.6) is 11.5 Å². The number of amidine groups is 1. The number of hydroxylamine groups is 1. The van der Waals surface area contributed by atoms with Gasteiger partial charge in [-0.25, -0.2) is 13.6 Å². The normalized spacial score (nSPS) is 17.5. The van der Waals surface area contributed by atoms with E-state index in [4.69, 9.17) is 19.4 Å². The first-order valence-corrected chi connectivity index (χ1v) is 9.74. The van der Waals surface area contributed by atoms with Crippen LogP contribution < -0.4 is 25.6 Å². The van der Waals surface area contributed by atoms with Gasteiger partial charge in [-0.15, -0.1) is 0 Å². The van der Waals surface area contributed by atoms with Crippen LogP contribution in [-0.2, 0) is 4.84 Å². The number of urea groups is 1. The van der Waals surface area contributed by atoms with Gasteiger partial charge in [0.15, 0.2) is 0 Å². The van der Waals surface area contributed by atoms with Crippen molar-refractivity contribution in [3.05, 3.63) is 53.6 Å². The summed E-state index contributed by atoms with van der Waals surface area (Å²) < 4.78 is 39.4. The molecule has 0 fully saturated rings. The van der Waals surface area contributed by atoms with Crippen molar-refractivity contribution >= 4 is 17.6 Å². The van der Waals surface area contributed by atoms with Gasteiger partial charge in [0.25, 0.3) is 0 Å². The van der Waals surface area contributed by atoms with E-state index < -0.39 is 29.6 Å². The molecule has 1 aliphatic rings. The zero-order chi connectivity index (χ0) is 23.1. The molecular weight excluding hydrogens is 426 g/mol. The molecule has 11 heteroatoms. The first kappa shape index (κ1) is 23.2. The van der Waals surface area contributed by atoms with Gasteiger partial charge < -0.3 is 25.2 Å². The molecule has 9 nitrogen and oxygen atoms in total. The molecule has 0 spiro atoms. The summed E-state index contributed by atoms with van der Waals surface area (Å²) in [6.07, 6.45) is 0. The second-order valence-electron chi connectivity index (χ2n) is 6.82. The summed E-state index contributed by atoms with van der Waals surface area (Å²) in [7, 11) is 2.83. The van der Waals surface area contributed by atoms with E-state index >= 15 is 0 Å². The van der Waals surface area contributed by atoms with Gasteiger partial charge in [-0.2, -0.15) is 0 Å². The van der Waals surface area contributed by atoms with Crippen LogP contribution in [0.3, 0.4) is 0 Å². The second-order valence-corrected chi connectivity index (χ2v) is 6.82. The van der Waals surface area contributed by atoms with Crippen LogP contribution in [-0.4, -0.2) is 57.0 Å². The molecule has 32 heavy (non-hydrogen) atoms. The Labute approximate surface area is 183 Å². The number of amides is 2. The molecule has 2 atom stereocenters. The molecule has 0 saturated heterocycles. The number of nitrogens with one attached hydrogen (secondary N) is 3. The van der Waals surface area contributed by atoms with Gasteiger partial charge in [-0.05, 0) is 24.3 Å². The van der Waals surface area contributed by atoms with Crippen LogP contribution in [0.2, 0.25) is 0 Å². The third-order valence-corrected chi connectivity index (χ3v) is 4.82. The Kier molecular flexibility index (Phi) is 7.79. The number of aliphatic imine (C=N–C) groups is 1. The Bertz CT molecular complexity index is 948. The zero-order valence-electron chi connectivity index (χ0n) is 17.5. The van der Waals surface area contributed by atoms with Crippen molar-refractivity contribution in [1.82, 2.24) is 10.8 Å². The number of benzene rings is 2. The predicted molar refractivity (Wildman–Crippen MR) is 113 cm³/mol. The first-order valence-electron chi connectivity index (χ1n) is 9.74. The number of carbonyl (C=O) groups excluding carboxylic acids is 1. The van der Waals surface area contributed by atoms with Gasteiger partial charge in [0, 0.05) is 29.3 Å². The highest BCUT2D eigenvalue weighted by Gasteiger charge is 2.38. The van der Waals surface area contributed by atoms with Crippen LogP contribution in [0.4, 0.5) is 19.3 Å². The molecule has 2 aromatic rings. The van der Waals surface area contributed by atoms with E-state index in [0.29, 0.717) is 11.4 Å². The average Bonchev–Trinajstić information content (AvgIpc) is 3.15. The van der Waals surface area contributed by atoms with Crippen molar-refractivity contribution < 1.29 is 33.0 Å². The topological polar surface area (TPSA) is 113 Å². The number of nitrogens with zero attached hydrogens (tertiary/aromatic N) is 1. The molecule has 1 aliphatic heterocycles. The van der Waals surface area contributed by atoms with Gasteiger partial charge in [0.05, 0.1) is 40.0 Å². The molecule has 3 rings (SSSR count). The summed E-state index contributed by atoms with van der Waals surface area (Å²) in [6, 6.07) is 7.24. The largest absolute Gasteiger partial charge is 0.497 e. The smallest absolute Gasteiger partial charge is 0.319 e. The highest BCUT2D eigenvalue weighted by Crippen LogP contribution is 2.32. The van der Waals surface area contributed by atoms with Crippen LogP contribution in [0, 0.1) is 11.6 Å². The summed E-state index contributed by atoms with van der Waals surface area (Å²) in [5.74, 6) is -1.65. The van der Waals surface area contributed by atoms with E-state index in [1.54, 1.807) is 24.3 Å². The van der Waals surface area contributed by atoms with Crippen LogP contribution in [0.15, 0.2) is 41.4 Å². The van der Waals surface area contributed by atoms with Gasteiger partial charge in [-0.3, -0.25) is 15.3 Å². The summed E-state index contributed by atoms with van der Waals surface area (Å²) in [5.41, 5.74) is 2.79. The lowest BCUT2D eigenvalue weighted by molar-refractivity contribution is 0.0517. The number of anilines is 1. The van der Waals surface area contributed by atoms with Crippen LogP contribution in [0.25, 0.3) is 0 Å². The monoisotopic (exact) mass is 450 g/mol. The van der Waals surface area contributed by atoms with Crippen molar-refractivity contribution in [3.8, 4) is 11.5 Å². The number of halogens is 2. The molecule has 0 bridgehead atoms. The quantitative estimate of drug-likeness (QED) is 0.362. The number of aliphatic hydroxyl groups excluding tert-OH is 1. The number of aliphatic hydroxyl groups is 1. The summed E-state index contributed by atoms with van der Waals surface area (Å²) in [6.45, 7) is -0.292. The molecular formula is C21H24F2N4O5. The van der Waals surface area contributed by atoms with E-state index in [2.05, 4.69) is 21.1 Å². The predicted octanol–water partition coefficient (Wildman–Crippen LogP) is 2.18. The Balaban J connectivity index is 1.80. The average molecular weight is 450 g/mol. The first-order chi connectivity index (χ1) is 15.5. The van der Waals surface area contributed by atoms with Crippen molar-refractivity contribution in [2.24, 2.45) is 4.99 Å². The van der Waals surface area contributed by atoms with Crippen molar-refractivity contribution in [2.75, 3.05) is 39.3 Å². The molecule has 1 heterocycles. The molecule has 0 aliphatic carbocycles. The Morgan fingerprint density at radius 1 is 1.12 bits per heavy atom. The third-order valence-electron chi connectivity index (χ3n) is 4.82. The second kappa shape index (κ2) is 10.7. The molecule has 0 saturated carbocycles. The lowest BCUT2D eigenvalue weighted by Gasteiger charge is -2.24. The maximum atomic E-state index is 14.7. The fraction of sp³-hybridized carbons (Fsp3) is 0.333. The minimum absolute atomic E-state index is 0.00152.